The lowest BCUT2D eigenvalue weighted by Gasteiger charge is -2.09. The summed E-state index contributed by atoms with van der Waals surface area (Å²) >= 11 is 0. The molecule has 0 atom stereocenters. The van der Waals surface area contributed by atoms with E-state index in [0.29, 0.717) is 24.5 Å². The molecule has 7 nitrogen and oxygen atoms in total. The van der Waals surface area contributed by atoms with Crippen molar-refractivity contribution in [3.05, 3.63) is 52.3 Å². The molecule has 0 aliphatic carbocycles. The molecular formula is C13H14N4O3. The van der Waals surface area contributed by atoms with Crippen LogP contribution in [0.1, 0.15) is 12.6 Å². The Bertz CT molecular complexity index is 589. The Labute approximate surface area is 115 Å². The second kappa shape index (κ2) is 6.46. The second-order valence-electron chi connectivity index (χ2n) is 3.91. The molecule has 7 heteroatoms. The summed E-state index contributed by atoms with van der Waals surface area (Å²) in [6.45, 7) is 2.50. The molecule has 1 aromatic heterocycles. The van der Waals surface area contributed by atoms with Gasteiger partial charge in [0.25, 0.3) is 0 Å². The number of anilines is 1. The van der Waals surface area contributed by atoms with Gasteiger partial charge in [0.1, 0.15) is 5.69 Å². The van der Waals surface area contributed by atoms with Gasteiger partial charge in [-0.2, -0.15) is 10.2 Å². The van der Waals surface area contributed by atoms with Crippen molar-refractivity contribution in [2.24, 2.45) is 0 Å². The van der Waals surface area contributed by atoms with Gasteiger partial charge in [-0.3, -0.25) is 10.1 Å². The fourth-order valence-corrected chi connectivity index (χ4v) is 1.74. The Kier molecular flexibility index (Phi) is 4.43. The van der Waals surface area contributed by atoms with E-state index >= 15 is 0 Å². The standard InChI is InChI=1S/C13H14N4O3/c1-2-20-12-7-3-6-11(13(12)17(18)19)14-9-10-5-4-8-15-16-10/h3-8,14H,2,9H2,1H3. The molecule has 2 rings (SSSR count). The van der Waals surface area contributed by atoms with Crippen molar-refractivity contribution in [2.45, 2.75) is 13.5 Å². The van der Waals surface area contributed by atoms with E-state index in [-0.39, 0.29) is 11.4 Å². The third-order valence-electron chi connectivity index (χ3n) is 2.57. The molecule has 1 N–H and O–H groups in total. The lowest BCUT2D eigenvalue weighted by molar-refractivity contribution is -0.384. The molecule has 0 saturated carbocycles. The number of para-hydroxylation sites is 1. The Morgan fingerprint density at radius 2 is 2.20 bits per heavy atom. The molecule has 0 bridgehead atoms. The number of benzene rings is 1. The van der Waals surface area contributed by atoms with Gasteiger partial charge in [-0.25, -0.2) is 0 Å². The van der Waals surface area contributed by atoms with Crippen LogP contribution in [0.2, 0.25) is 0 Å². The maximum absolute atomic E-state index is 11.2. The number of nitro benzene ring substituents is 1. The van der Waals surface area contributed by atoms with Crippen LogP contribution in [0.15, 0.2) is 36.5 Å². The van der Waals surface area contributed by atoms with Crippen molar-refractivity contribution in [2.75, 3.05) is 11.9 Å². The van der Waals surface area contributed by atoms with Gasteiger partial charge < -0.3 is 10.1 Å². The zero-order chi connectivity index (χ0) is 14.4. The van der Waals surface area contributed by atoms with Crippen LogP contribution in [0.4, 0.5) is 11.4 Å². The first kappa shape index (κ1) is 13.7. The van der Waals surface area contributed by atoms with Crippen molar-refractivity contribution in [3.8, 4) is 5.75 Å². The lowest BCUT2D eigenvalue weighted by atomic mass is 10.2. The van der Waals surface area contributed by atoms with E-state index in [1.165, 1.54) is 0 Å². The third-order valence-corrected chi connectivity index (χ3v) is 2.57. The summed E-state index contributed by atoms with van der Waals surface area (Å²) in [5.41, 5.74) is 1.02. The lowest BCUT2D eigenvalue weighted by Crippen LogP contribution is -2.06. The third kappa shape index (κ3) is 3.19. The molecule has 2 aromatic rings. The maximum atomic E-state index is 11.2. The monoisotopic (exact) mass is 274 g/mol. The topological polar surface area (TPSA) is 90.2 Å². The Balaban J connectivity index is 2.22. The SMILES string of the molecule is CCOc1cccc(NCc2cccnn2)c1[N+](=O)[O-]. The average molecular weight is 274 g/mol. The van der Waals surface area contributed by atoms with Crippen LogP contribution in [-0.4, -0.2) is 21.7 Å². The fourth-order valence-electron chi connectivity index (χ4n) is 1.74. The summed E-state index contributed by atoms with van der Waals surface area (Å²) in [5, 5.41) is 21.8. The van der Waals surface area contributed by atoms with E-state index in [1.54, 1.807) is 43.5 Å². The van der Waals surface area contributed by atoms with Gasteiger partial charge in [0.2, 0.25) is 0 Å². The normalized spacial score (nSPS) is 10.1. The molecule has 20 heavy (non-hydrogen) atoms. The minimum absolute atomic E-state index is 0.0711. The van der Waals surface area contributed by atoms with Crippen LogP contribution in [-0.2, 0) is 6.54 Å². The van der Waals surface area contributed by atoms with E-state index in [0.717, 1.165) is 0 Å². The van der Waals surface area contributed by atoms with E-state index in [4.69, 9.17) is 4.74 Å². The molecular weight excluding hydrogens is 260 g/mol. The first-order valence-corrected chi connectivity index (χ1v) is 6.13. The van der Waals surface area contributed by atoms with Gasteiger partial charge in [0.05, 0.1) is 23.8 Å². The number of hydrogen-bond donors (Lipinski definition) is 1. The quantitative estimate of drug-likeness (QED) is 0.642. The molecule has 0 amide bonds. The Hall–Kier alpha value is -2.70. The van der Waals surface area contributed by atoms with Crippen molar-refractivity contribution in [1.29, 1.82) is 0 Å². The van der Waals surface area contributed by atoms with E-state index < -0.39 is 4.92 Å². The summed E-state index contributed by atoms with van der Waals surface area (Å²) in [6.07, 6.45) is 1.57. The molecule has 0 saturated heterocycles. The van der Waals surface area contributed by atoms with Crippen LogP contribution >= 0.6 is 0 Å². The average Bonchev–Trinajstić information content (AvgIpc) is 2.46. The largest absolute Gasteiger partial charge is 0.487 e. The number of hydrogen-bond acceptors (Lipinski definition) is 6. The molecule has 0 aliphatic heterocycles. The smallest absolute Gasteiger partial charge is 0.333 e. The minimum Gasteiger partial charge on any atom is -0.487 e. The molecule has 0 unspecified atom stereocenters. The van der Waals surface area contributed by atoms with Crippen molar-refractivity contribution in [1.82, 2.24) is 10.2 Å². The van der Waals surface area contributed by atoms with E-state index in [9.17, 15) is 10.1 Å². The number of rotatable bonds is 6. The number of ether oxygens (including phenoxy) is 1. The van der Waals surface area contributed by atoms with Crippen LogP contribution in [0.5, 0.6) is 5.75 Å². The summed E-state index contributed by atoms with van der Waals surface area (Å²) in [4.78, 5) is 10.7. The number of aromatic nitrogens is 2. The highest BCUT2D eigenvalue weighted by atomic mass is 16.6. The first-order valence-electron chi connectivity index (χ1n) is 6.13. The van der Waals surface area contributed by atoms with Crippen molar-refractivity contribution >= 4 is 11.4 Å². The van der Waals surface area contributed by atoms with Crippen LogP contribution in [0, 0.1) is 10.1 Å². The zero-order valence-corrected chi connectivity index (χ0v) is 10.9. The Morgan fingerprint density at radius 3 is 2.85 bits per heavy atom. The highest BCUT2D eigenvalue weighted by Crippen LogP contribution is 2.34. The minimum atomic E-state index is -0.454. The van der Waals surface area contributed by atoms with E-state index in [1.807, 2.05) is 0 Å². The number of nitro groups is 1. The van der Waals surface area contributed by atoms with Gasteiger partial charge in [-0.05, 0) is 31.2 Å². The maximum Gasteiger partial charge on any atom is 0.333 e. The van der Waals surface area contributed by atoms with Crippen LogP contribution in [0.3, 0.4) is 0 Å². The van der Waals surface area contributed by atoms with Gasteiger partial charge in [-0.15, -0.1) is 0 Å². The molecule has 0 aliphatic rings. The molecule has 1 heterocycles. The number of nitrogens with zero attached hydrogens (tertiary/aromatic N) is 3. The van der Waals surface area contributed by atoms with Crippen LogP contribution in [0.25, 0.3) is 0 Å². The molecule has 0 fully saturated rings. The summed E-state index contributed by atoms with van der Waals surface area (Å²) < 4.78 is 5.28. The molecule has 0 spiro atoms. The summed E-state index contributed by atoms with van der Waals surface area (Å²) in [5.74, 6) is 0.252. The second-order valence-corrected chi connectivity index (χ2v) is 3.91. The van der Waals surface area contributed by atoms with Crippen molar-refractivity contribution < 1.29 is 9.66 Å². The fraction of sp³-hybridized carbons (Fsp3) is 0.231. The predicted molar refractivity (Wildman–Crippen MR) is 73.6 cm³/mol. The molecule has 0 radical (unpaired) electrons. The number of nitrogens with one attached hydrogen (secondary N) is 1. The Morgan fingerprint density at radius 1 is 1.35 bits per heavy atom. The van der Waals surface area contributed by atoms with E-state index in [2.05, 4.69) is 15.5 Å². The molecule has 1 aromatic carbocycles. The van der Waals surface area contributed by atoms with Crippen LogP contribution < -0.4 is 10.1 Å². The highest BCUT2D eigenvalue weighted by Gasteiger charge is 2.20. The summed E-state index contributed by atoms with van der Waals surface area (Å²) in [6, 6.07) is 8.47. The summed E-state index contributed by atoms with van der Waals surface area (Å²) in [7, 11) is 0. The van der Waals surface area contributed by atoms with Gasteiger partial charge in [-0.1, -0.05) is 6.07 Å². The first-order chi connectivity index (χ1) is 9.72. The van der Waals surface area contributed by atoms with Gasteiger partial charge in [0.15, 0.2) is 5.75 Å². The molecule has 104 valence electrons. The zero-order valence-electron chi connectivity index (χ0n) is 10.9. The van der Waals surface area contributed by atoms with Gasteiger partial charge in [0, 0.05) is 6.20 Å². The van der Waals surface area contributed by atoms with Crippen molar-refractivity contribution in [3.63, 3.8) is 0 Å². The predicted octanol–water partition coefficient (Wildman–Crippen LogP) is 2.40. The highest BCUT2D eigenvalue weighted by molar-refractivity contribution is 5.68. The van der Waals surface area contributed by atoms with Gasteiger partial charge >= 0.3 is 5.69 Å².